The van der Waals surface area contributed by atoms with Crippen molar-refractivity contribution < 1.29 is 9.84 Å². The van der Waals surface area contributed by atoms with Gasteiger partial charge in [-0.1, -0.05) is 25.4 Å². The van der Waals surface area contributed by atoms with Crippen molar-refractivity contribution in [2.75, 3.05) is 25.1 Å². The molecule has 3 nitrogen and oxygen atoms in total. The minimum absolute atomic E-state index is 0.0926. The fourth-order valence-corrected chi connectivity index (χ4v) is 2.67. The van der Waals surface area contributed by atoms with E-state index in [9.17, 15) is 5.11 Å². The molecule has 0 radical (unpaired) electrons. The lowest BCUT2D eigenvalue weighted by Gasteiger charge is -2.43. The zero-order valence-corrected chi connectivity index (χ0v) is 11.9. The van der Waals surface area contributed by atoms with Gasteiger partial charge in [0, 0.05) is 24.2 Å². The van der Waals surface area contributed by atoms with E-state index in [1.54, 1.807) is 7.11 Å². The Kier molecular flexibility index (Phi) is 3.74. The summed E-state index contributed by atoms with van der Waals surface area (Å²) in [5, 5.41) is 10.6. The Balaban J connectivity index is 2.20. The van der Waals surface area contributed by atoms with Gasteiger partial charge < -0.3 is 14.7 Å². The Morgan fingerprint density at radius 2 is 2.17 bits per heavy atom. The molecule has 1 saturated heterocycles. The Labute approximate surface area is 113 Å². The molecular formula is C14H20ClNO2. The second-order valence-corrected chi connectivity index (χ2v) is 5.94. The predicted octanol–water partition coefficient (Wildman–Crippen LogP) is 2.95. The standard InChI is InChI=1S/C14H20ClNO2/c1-14(2)9-16(7-6-13(14)17)10-4-5-12(18-3)11(15)8-10/h4-5,8,13,17H,6-7,9H2,1-3H3. The average molecular weight is 270 g/mol. The first-order chi connectivity index (χ1) is 8.44. The summed E-state index contributed by atoms with van der Waals surface area (Å²) in [5.41, 5.74) is 0.991. The summed E-state index contributed by atoms with van der Waals surface area (Å²) in [5.74, 6) is 0.691. The quantitative estimate of drug-likeness (QED) is 0.896. The summed E-state index contributed by atoms with van der Waals surface area (Å²) in [4.78, 5) is 2.26. The average Bonchev–Trinajstić information content (AvgIpc) is 2.32. The molecule has 18 heavy (non-hydrogen) atoms. The van der Waals surface area contributed by atoms with Gasteiger partial charge in [0.25, 0.3) is 0 Å². The first-order valence-electron chi connectivity index (χ1n) is 6.20. The van der Waals surface area contributed by atoms with Gasteiger partial charge in [-0.2, -0.15) is 0 Å². The number of benzene rings is 1. The highest BCUT2D eigenvalue weighted by Gasteiger charge is 2.34. The molecule has 1 atom stereocenters. The third kappa shape index (κ3) is 2.57. The molecule has 0 amide bonds. The summed E-state index contributed by atoms with van der Waals surface area (Å²) >= 11 is 6.15. The molecule has 4 heteroatoms. The number of ether oxygens (including phenoxy) is 1. The van der Waals surface area contributed by atoms with Crippen LogP contribution in [0.5, 0.6) is 5.75 Å². The molecule has 0 aliphatic carbocycles. The molecule has 100 valence electrons. The number of hydrogen-bond donors (Lipinski definition) is 1. The van der Waals surface area contributed by atoms with E-state index in [1.807, 2.05) is 18.2 Å². The second kappa shape index (κ2) is 4.98. The molecule has 1 unspecified atom stereocenters. The van der Waals surface area contributed by atoms with Gasteiger partial charge in [-0.15, -0.1) is 0 Å². The molecule has 2 rings (SSSR count). The summed E-state index contributed by atoms with van der Waals surface area (Å²) in [7, 11) is 1.61. The molecular weight excluding hydrogens is 250 g/mol. The lowest BCUT2D eigenvalue weighted by atomic mass is 9.81. The Hall–Kier alpha value is -0.930. The molecule has 0 saturated carbocycles. The zero-order valence-electron chi connectivity index (χ0n) is 11.1. The number of piperidine rings is 1. The van der Waals surface area contributed by atoms with Gasteiger partial charge in [0.1, 0.15) is 5.75 Å². The van der Waals surface area contributed by atoms with Crippen molar-refractivity contribution in [1.82, 2.24) is 0 Å². The van der Waals surface area contributed by atoms with E-state index >= 15 is 0 Å². The predicted molar refractivity (Wildman–Crippen MR) is 74.6 cm³/mol. The Morgan fingerprint density at radius 3 is 2.72 bits per heavy atom. The first-order valence-corrected chi connectivity index (χ1v) is 6.58. The molecule has 1 aromatic carbocycles. The number of rotatable bonds is 2. The normalized spacial score (nSPS) is 22.9. The minimum Gasteiger partial charge on any atom is -0.495 e. The largest absolute Gasteiger partial charge is 0.495 e. The number of aliphatic hydroxyl groups excluding tert-OH is 1. The molecule has 0 aromatic heterocycles. The molecule has 1 heterocycles. The lowest BCUT2D eigenvalue weighted by molar-refractivity contribution is 0.0336. The van der Waals surface area contributed by atoms with Crippen LogP contribution in [0.2, 0.25) is 5.02 Å². The van der Waals surface area contributed by atoms with Gasteiger partial charge in [-0.3, -0.25) is 0 Å². The molecule has 0 spiro atoms. The van der Waals surface area contributed by atoms with E-state index in [4.69, 9.17) is 16.3 Å². The van der Waals surface area contributed by atoms with Gasteiger partial charge in [0.2, 0.25) is 0 Å². The summed E-state index contributed by atoms with van der Waals surface area (Å²) in [6.45, 7) is 5.87. The van der Waals surface area contributed by atoms with Crippen LogP contribution in [-0.4, -0.2) is 31.4 Å². The van der Waals surface area contributed by atoms with Crippen LogP contribution in [0.15, 0.2) is 18.2 Å². The Bertz CT molecular complexity index is 434. The van der Waals surface area contributed by atoms with E-state index in [0.29, 0.717) is 10.8 Å². The number of aliphatic hydroxyl groups is 1. The van der Waals surface area contributed by atoms with Gasteiger partial charge in [-0.05, 0) is 24.6 Å². The second-order valence-electron chi connectivity index (χ2n) is 5.53. The molecule has 1 fully saturated rings. The van der Waals surface area contributed by atoms with Crippen molar-refractivity contribution in [3.8, 4) is 5.75 Å². The van der Waals surface area contributed by atoms with Crippen molar-refractivity contribution >= 4 is 17.3 Å². The SMILES string of the molecule is COc1ccc(N2CCC(O)C(C)(C)C2)cc1Cl. The molecule has 1 N–H and O–H groups in total. The van der Waals surface area contributed by atoms with Crippen LogP contribution in [0.4, 0.5) is 5.69 Å². The summed E-state index contributed by atoms with van der Waals surface area (Å²) < 4.78 is 5.15. The van der Waals surface area contributed by atoms with E-state index in [1.165, 1.54) is 0 Å². The van der Waals surface area contributed by atoms with Gasteiger partial charge in [-0.25, -0.2) is 0 Å². The molecule has 1 aromatic rings. The number of hydrogen-bond acceptors (Lipinski definition) is 3. The number of anilines is 1. The van der Waals surface area contributed by atoms with Crippen molar-refractivity contribution in [2.24, 2.45) is 5.41 Å². The third-order valence-electron chi connectivity index (χ3n) is 3.67. The molecule has 1 aliphatic heterocycles. The number of halogens is 1. The van der Waals surface area contributed by atoms with Crippen LogP contribution >= 0.6 is 11.6 Å². The van der Waals surface area contributed by atoms with Gasteiger partial charge in [0.05, 0.1) is 18.2 Å². The van der Waals surface area contributed by atoms with E-state index in [2.05, 4.69) is 18.7 Å². The van der Waals surface area contributed by atoms with E-state index in [-0.39, 0.29) is 11.5 Å². The fraction of sp³-hybridized carbons (Fsp3) is 0.571. The highest BCUT2D eigenvalue weighted by molar-refractivity contribution is 6.32. The number of methoxy groups -OCH3 is 1. The van der Waals surface area contributed by atoms with Gasteiger partial charge >= 0.3 is 0 Å². The van der Waals surface area contributed by atoms with Crippen molar-refractivity contribution in [3.63, 3.8) is 0 Å². The maximum Gasteiger partial charge on any atom is 0.137 e. The topological polar surface area (TPSA) is 32.7 Å². The van der Waals surface area contributed by atoms with Crippen molar-refractivity contribution in [1.29, 1.82) is 0 Å². The highest BCUT2D eigenvalue weighted by Crippen LogP contribution is 2.35. The van der Waals surface area contributed by atoms with Crippen LogP contribution in [0.25, 0.3) is 0 Å². The summed E-state index contributed by atoms with van der Waals surface area (Å²) in [6.07, 6.45) is 0.555. The zero-order chi connectivity index (χ0) is 13.3. The van der Waals surface area contributed by atoms with Crippen LogP contribution in [-0.2, 0) is 0 Å². The first kappa shape index (κ1) is 13.5. The Morgan fingerprint density at radius 1 is 1.44 bits per heavy atom. The van der Waals surface area contributed by atoms with Crippen molar-refractivity contribution in [3.05, 3.63) is 23.2 Å². The van der Waals surface area contributed by atoms with Crippen molar-refractivity contribution in [2.45, 2.75) is 26.4 Å². The van der Waals surface area contributed by atoms with Crippen LogP contribution < -0.4 is 9.64 Å². The third-order valence-corrected chi connectivity index (χ3v) is 3.97. The monoisotopic (exact) mass is 269 g/mol. The van der Waals surface area contributed by atoms with E-state index in [0.717, 1.165) is 25.2 Å². The van der Waals surface area contributed by atoms with Crippen LogP contribution in [0, 0.1) is 5.41 Å². The fourth-order valence-electron chi connectivity index (χ4n) is 2.42. The van der Waals surface area contributed by atoms with Crippen LogP contribution in [0.3, 0.4) is 0 Å². The molecule has 0 bridgehead atoms. The maximum atomic E-state index is 9.97. The van der Waals surface area contributed by atoms with E-state index < -0.39 is 0 Å². The van der Waals surface area contributed by atoms with Gasteiger partial charge in [0.15, 0.2) is 0 Å². The minimum atomic E-state index is -0.234. The number of nitrogens with zero attached hydrogens (tertiary/aromatic N) is 1. The molecule has 1 aliphatic rings. The smallest absolute Gasteiger partial charge is 0.137 e. The highest BCUT2D eigenvalue weighted by atomic mass is 35.5. The maximum absolute atomic E-state index is 9.97. The lowest BCUT2D eigenvalue weighted by Crippen LogP contribution is -2.48. The summed E-state index contributed by atoms with van der Waals surface area (Å²) in [6, 6.07) is 5.82. The van der Waals surface area contributed by atoms with Crippen LogP contribution in [0.1, 0.15) is 20.3 Å².